The van der Waals surface area contributed by atoms with Gasteiger partial charge in [-0.3, -0.25) is 4.79 Å². The molecule has 0 fully saturated rings. The summed E-state index contributed by atoms with van der Waals surface area (Å²) in [6.45, 7) is 0. The van der Waals surface area contributed by atoms with Crippen LogP contribution in [0.2, 0.25) is 5.02 Å². The van der Waals surface area contributed by atoms with Gasteiger partial charge in [0.25, 0.3) is 5.91 Å². The molecule has 0 atom stereocenters. The number of benzene rings is 2. The van der Waals surface area contributed by atoms with E-state index < -0.39 is 11.9 Å². The van der Waals surface area contributed by atoms with Crippen molar-refractivity contribution in [1.29, 1.82) is 0 Å². The molecule has 0 radical (unpaired) electrons. The third-order valence-electron chi connectivity index (χ3n) is 3.23. The number of carboxylic acid groups (broad SMARTS) is 1. The molecular formula is C16H10ClNO4S. The van der Waals surface area contributed by atoms with Crippen LogP contribution in [-0.4, -0.2) is 22.1 Å². The van der Waals surface area contributed by atoms with E-state index >= 15 is 0 Å². The Morgan fingerprint density at radius 3 is 2.57 bits per heavy atom. The number of amides is 1. The number of phenols is 1. The second-order valence-electron chi connectivity index (χ2n) is 4.73. The minimum atomic E-state index is -1.28. The van der Waals surface area contributed by atoms with E-state index in [1.165, 1.54) is 29.5 Å². The van der Waals surface area contributed by atoms with Crippen LogP contribution in [0.5, 0.6) is 5.75 Å². The number of hydrogen-bond acceptors (Lipinski definition) is 4. The molecule has 0 aliphatic rings. The number of carbonyl (C=O) groups is 2. The maximum absolute atomic E-state index is 12.4. The summed E-state index contributed by atoms with van der Waals surface area (Å²) < 4.78 is 0.889. The first-order valence-corrected chi connectivity index (χ1v) is 7.71. The number of halogens is 1. The normalized spacial score (nSPS) is 10.7. The first kappa shape index (κ1) is 15.3. The SMILES string of the molecule is O=C(O)c1cc(NC(=O)c2sc3ccccc3c2Cl)ccc1O. The predicted octanol–water partition coefficient (Wildman–Crippen LogP) is 4.21. The zero-order chi connectivity index (χ0) is 16.6. The quantitative estimate of drug-likeness (QED) is 0.619. The molecule has 2 aromatic carbocycles. The molecule has 116 valence electrons. The number of hydrogen-bond donors (Lipinski definition) is 3. The standard InChI is InChI=1S/C16H10ClNO4S/c17-13-9-3-1-2-4-12(9)23-14(13)15(20)18-8-5-6-11(19)10(7-8)16(21)22/h1-7,19H,(H,18,20)(H,21,22). The number of aromatic carboxylic acids is 1. The van der Waals surface area contributed by atoms with Crippen LogP contribution in [0.3, 0.4) is 0 Å². The van der Waals surface area contributed by atoms with Crippen molar-refractivity contribution in [3.8, 4) is 5.75 Å². The van der Waals surface area contributed by atoms with Crippen LogP contribution in [-0.2, 0) is 0 Å². The summed E-state index contributed by atoms with van der Waals surface area (Å²) in [5.74, 6) is -2.08. The lowest BCUT2D eigenvalue weighted by Crippen LogP contribution is -2.11. The van der Waals surface area contributed by atoms with Gasteiger partial charge in [-0.05, 0) is 24.3 Å². The maximum atomic E-state index is 12.4. The topological polar surface area (TPSA) is 86.6 Å². The number of thiophene rings is 1. The van der Waals surface area contributed by atoms with Crippen molar-refractivity contribution in [2.24, 2.45) is 0 Å². The molecule has 0 aliphatic heterocycles. The maximum Gasteiger partial charge on any atom is 0.339 e. The zero-order valence-electron chi connectivity index (χ0n) is 11.5. The van der Waals surface area contributed by atoms with E-state index in [9.17, 15) is 14.7 Å². The summed E-state index contributed by atoms with van der Waals surface area (Å²) in [6, 6.07) is 11.2. The van der Waals surface area contributed by atoms with Crippen molar-refractivity contribution in [1.82, 2.24) is 0 Å². The Kier molecular flexibility index (Phi) is 3.94. The summed E-state index contributed by atoms with van der Waals surface area (Å²) in [4.78, 5) is 23.7. The summed E-state index contributed by atoms with van der Waals surface area (Å²) in [7, 11) is 0. The van der Waals surface area contributed by atoms with Crippen LogP contribution in [0, 0.1) is 0 Å². The molecule has 1 heterocycles. The zero-order valence-corrected chi connectivity index (χ0v) is 13.1. The number of aromatic hydroxyl groups is 1. The number of rotatable bonds is 3. The van der Waals surface area contributed by atoms with E-state index in [0.717, 1.165) is 10.1 Å². The first-order valence-electron chi connectivity index (χ1n) is 6.52. The van der Waals surface area contributed by atoms with Gasteiger partial charge in [-0.15, -0.1) is 11.3 Å². The average molecular weight is 348 g/mol. The molecule has 0 saturated carbocycles. The Bertz CT molecular complexity index is 935. The molecule has 1 amide bonds. The van der Waals surface area contributed by atoms with Crippen molar-refractivity contribution in [2.45, 2.75) is 0 Å². The van der Waals surface area contributed by atoms with Crippen LogP contribution in [0.15, 0.2) is 42.5 Å². The largest absolute Gasteiger partial charge is 0.507 e. The second kappa shape index (κ2) is 5.91. The molecule has 3 N–H and O–H groups in total. The van der Waals surface area contributed by atoms with Gasteiger partial charge in [-0.1, -0.05) is 29.8 Å². The summed E-state index contributed by atoms with van der Waals surface area (Å²) >= 11 is 7.50. The van der Waals surface area contributed by atoms with Crippen LogP contribution in [0.1, 0.15) is 20.0 Å². The lowest BCUT2D eigenvalue weighted by Gasteiger charge is -2.06. The second-order valence-corrected chi connectivity index (χ2v) is 6.16. The number of nitrogens with one attached hydrogen (secondary N) is 1. The van der Waals surface area contributed by atoms with E-state index in [1.54, 1.807) is 0 Å². The highest BCUT2D eigenvalue weighted by Crippen LogP contribution is 2.35. The fraction of sp³-hybridized carbons (Fsp3) is 0. The monoisotopic (exact) mass is 347 g/mol. The highest BCUT2D eigenvalue weighted by Gasteiger charge is 2.18. The summed E-state index contributed by atoms with van der Waals surface area (Å²) in [5, 5.41) is 22.2. The molecule has 0 bridgehead atoms. The van der Waals surface area contributed by atoms with Crippen LogP contribution < -0.4 is 5.32 Å². The van der Waals surface area contributed by atoms with Gasteiger partial charge in [-0.25, -0.2) is 4.79 Å². The smallest absolute Gasteiger partial charge is 0.339 e. The highest BCUT2D eigenvalue weighted by molar-refractivity contribution is 7.21. The molecule has 0 spiro atoms. The molecule has 3 aromatic rings. The molecule has 0 aliphatic carbocycles. The Balaban J connectivity index is 1.93. The summed E-state index contributed by atoms with van der Waals surface area (Å²) in [5.41, 5.74) is -0.0241. The molecule has 0 saturated heterocycles. The lowest BCUT2D eigenvalue weighted by atomic mass is 10.1. The minimum absolute atomic E-state index is 0.263. The van der Waals surface area contributed by atoms with Crippen LogP contribution in [0.25, 0.3) is 10.1 Å². The number of carboxylic acids is 1. The number of anilines is 1. The highest BCUT2D eigenvalue weighted by atomic mass is 35.5. The van der Waals surface area contributed by atoms with E-state index in [2.05, 4.69) is 5.32 Å². The summed E-state index contributed by atoms with van der Waals surface area (Å²) in [6.07, 6.45) is 0. The fourth-order valence-corrected chi connectivity index (χ4v) is 3.55. The van der Waals surface area contributed by atoms with Gasteiger partial charge >= 0.3 is 5.97 Å². The van der Waals surface area contributed by atoms with Crippen LogP contribution >= 0.6 is 22.9 Å². The van der Waals surface area contributed by atoms with Gasteiger partial charge < -0.3 is 15.5 Å². The van der Waals surface area contributed by atoms with E-state index in [0.29, 0.717) is 9.90 Å². The van der Waals surface area contributed by atoms with E-state index in [1.807, 2.05) is 24.3 Å². The number of carbonyl (C=O) groups excluding carboxylic acids is 1. The predicted molar refractivity (Wildman–Crippen MR) is 89.9 cm³/mol. The fourth-order valence-electron chi connectivity index (χ4n) is 2.13. The Morgan fingerprint density at radius 1 is 1.13 bits per heavy atom. The van der Waals surface area contributed by atoms with Crippen LogP contribution in [0.4, 0.5) is 5.69 Å². The van der Waals surface area contributed by atoms with Crippen molar-refractivity contribution >= 4 is 50.6 Å². The van der Waals surface area contributed by atoms with Crippen molar-refractivity contribution in [3.05, 3.63) is 57.9 Å². The third-order valence-corrected chi connectivity index (χ3v) is 4.90. The minimum Gasteiger partial charge on any atom is -0.507 e. The number of fused-ring (bicyclic) bond motifs is 1. The molecule has 0 unspecified atom stereocenters. The van der Waals surface area contributed by atoms with Gasteiger partial charge in [0.15, 0.2) is 0 Å². The van der Waals surface area contributed by atoms with Gasteiger partial charge in [0, 0.05) is 15.8 Å². The van der Waals surface area contributed by atoms with Gasteiger partial charge in [0.1, 0.15) is 16.2 Å². The lowest BCUT2D eigenvalue weighted by molar-refractivity contribution is 0.0693. The Labute approximate surface area is 139 Å². The van der Waals surface area contributed by atoms with Crippen molar-refractivity contribution < 1.29 is 19.8 Å². The third kappa shape index (κ3) is 2.86. The van der Waals surface area contributed by atoms with Crippen molar-refractivity contribution in [2.75, 3.05) is 5.32 Å². The van der Waals surface area contributed by atoms with Gasteiger partial charge in [0.05, 0.1) is 5.02 Å². The van der Waals surface area contributed by atoms with Gasteiger partial charge in [-0.2, -0.15) is 0 Å². The van der Waals surface area contributed by atoms with E-state index in [-0.39, 0.29) is 17.0 Å². The van der Waals surface area contributed by atoms with E-state index in [4.69, 9.17) is 16.7 Å². The van der Waals surface area contributed by atoms with Gasteiger partial charge in [0.2, 0.25) is 0 Å². The molecule has 23 heavy (non-hydrogen) atoms. The Morgan fingerprint density at radius 2 is 1.87 bits per heavy atom. The Hall–Kier alpha value is -2.57. The van der Waals surface area contributed by atoms with Crippen molar-refractivity contribution in [3.63, 3.8) is 0 Å². The first-order chi connectivity index (χ1) is 11.0. The average Bonchev–Trinajstić information content (AvgIpc) is 2.86. The molecule has 3 rings (SSSR count). The molecule has 7 heteroatoms. The molecule has 5 nitrogen and oxygen atoms in total. The molecular weight excluding hydrogens is 338 g/mol. The molecule has 1 aromatic heterocycles.